The Morgan fingerprint density at radius 1 is 1.15 bits per heavy atom. The zero-order valence-corrected chi connectivity index (χ0v) is 20.4. The third-order valence-corrected chi connectivity index (χ3v) is 7.90. The largest absolute Gasteiger partial charge is 0.417 e. The molecular weight excluding hydrogens is 469 g/mol. The molecule has 0 saturated carbocycles. The third-order valence-electron chi connectivity index (χ3n) is 6.16. The van der Waals surface area contributed by atoms with Crippen molar-refractivity contribution in [3.63, 3.8) is 0 Å². The van der Waals surface area contributed by atoms with Crippen LogP contribution in [0.5, 0.6) is 0 Å². The second kappa shape index (κ2) is 9.91. The highest BCUT2D eigenvalue weighted by molar-refractivity contribution is 7.89. The zero-order chi connectivity index (χ0) is 25.3. The van der Waals surface area contributed by atoms with Gasteiger partial charge in [-0.15, -0.1) is 0 Å². The maximum atomic E-state index is 12.9. The van der Waals surface area contributed by atoms with E-state index >= 15 is 0 Å². The number of sulfonamides is 1. The number of benzene rings is 1. The first-order chi connectivity index (χ1) is 15.8. The number of amides is 1. The van der Waals surface area contributed by atoms with Crippen LogP contribution < -0.4 is 14.9 Å². The van der Waals surface area contributed by atoms with Crippen molar-refractivity contribution in [3.8, 4) is 0 Å². The fraction of sp³-hybridized carbons (Fsp3) is 0.478. The number of hydrogen-bond donors (Lipinski definition) is 2. The van der Waals surface area contributed by atoms with E-state index in [1.807, 2.05) is 19.9 Å². The quantitative estimate of drug-likeness (QED) is 0.611. The molecule has 1 aliphatic rings. The molecule has 1 unspecified atom stereocenters. The Morgan fingerprint density at radius 3 is 2.35 bits per heavy atom. The fourth-order valence-electron chi connectivity index (χ4n) is 4.08. The minimum atomic E-state index is -4.44. The van der Waals surface area contributed by atoms with Crippen molar-refractivity contribution in [3.05, 3.63) is 52.2 Å². The zero-order valence-electron chi connectivity index (χ0n) is 19.6. The molecule has 186 valence electrons. The maximum Gasteiger partial charge on any atom is 0.417 e. The first-order valence-electron chi connectivity index (χ1n) is 10.9. The monoisotopic (exact) mass is 498 g/mol. The van der Waals surface area contributed by atoms with Crippen LogP contribution in [-0.4, -0.2) is 45.0 Å². The molecule has 11 heteroatoms. The Labute approximate surface area is 197 Å². The highest BCUT2D eigenvalue weighted by atomic mass is 32.2. The first-order valence-corrected chi connectivity index (χ1v) is 12.4. The number of nitrogens with one attached hydrogen (secondary N) is 2. The molecule has 0 aliphatic carbocycles. The van der Waals surface area contributed by atoms with E-state index in [1.54, 1.807) is 18.7 Å². The average molecular weight is 499 g/mol. The standard InChI is InChI=1S/C23H29F3N4O3S/c1-14-11-15(2)17(4)22(16(14)3)34(32,33)28-9-7-21(31)29-19-8-10-30(13-19)20-6-5-18(12-27-20)23(24,25)26/h5-6,11-12,19,28H,7-10,13H2,1-4H3,(H,29,31). The number of halogens is 3. The molecule has 0 bridgehead atoms. The van der Waals surface area contributed by atoms with Crippen molar-refractivity contribution in [1.82, 2.24) is 15.0 Å². The van der Waals surface area contributed by atoms with Crippen LogP contribution >= 0.6 is 0 Å². The lowest BCUT2D eigenvalue weighted by Crippen LogP contribution is -2.39. The molecule has 1 aromatic heterocycles. The Hall–Kier alpha value is -2.66. The topological polar surface area (TPSA) is 91.4 Å². The highest BCUT2D eigenvalue weighted by Crippen LogP contribution is 2.30. The molecule has 1 aliphatic heterocycles. The van der Waals surface area contributed by atoms with E-state index in [1.165, 1.54) is 6.07 Å². The summed E-state index contributed by atoms with van der Waals surface area (Å²) in [6, 6.07) is 4.05. The van der Waals surface area contributed by atoms with E-state index in [4.69, 9.17) is 0 Å². The van der Waals surface area contributed by atoms with Gasteiger partial charge < -0.3 is 10.2 Å². The van der Waals surface area contributed by atoms with Crippen LogP contribution in [0.2, 0.25) is 0 Å². The van der Waals surface area contributed by atoms with Crippen LogP contribution in [0.3, 0.4) is 0 Å². The fourth-order valence-corrected chi connectivity index (χ4v) is 5.72. The molecule has 7 nitrogen and oxygen atoms in total. The van der Waals surface area contributed by atoms with Crippen LogP contribution in [-0.2, 0) is 21.0 Å². The molecular formula is C23H29F3N4O3S. The molecule has 1 amide bonds. The van der Waals surface area contributed by atoms with Gasteiger partial charge in [-0.25, -0.2) is 18.1 Å². The number of pyridine rings is 1. The Morgan fingerprint density at radius 2 is 1.79 bits per heavy atom. The molecule has 3 rings (SSSR count). The molecule has 2 N–H and O–H groups in total. The lowest BCUT2D eigenvalue weighted by molar-refractivity contribution is -0.137. The third kappa shape index (κ3) is 5.87. The van der Waals surface area contributed by atoms with E-state index in [2.05, 4.69) is 15.0 Å². The van der Waals surface area contributed by atoms with Gasteiger partial charge in [0.05, 0.1) is 10.5 Å². The maximum absolute atomic E-state index is 12.9. The van der Waals surface area contributed by atoms with Crippen LogP contribution in [0.25, 0.3) is 0 Å². The van der Waals surface area contributed by atoms with Crippen molar-refractivity contribution < 1.29 is 26.4 Å². The second-order valence-corrected chi connectivity index (χ2v) is 10.3. The summed E-state index contributed by atoms with van der Waals surface area (Å²) in [5, 5.41) is 2.86. The van der Waals surface area contributed by atoms with Crippen molar-refractivity contribution >= 4 is 21.7 Å². The van der Waals surface area contributed by atoms with Crippen molar-refractivity contribution in [2.75, 3.05) is 24.5 Å². The smallest absolute Gasteiger partial charge is 0.354 e. The summed E-state index contributed by atoms with van der Waals surface area (Å²) < 4.78 is 66.4. The van der Waals surface area contributed by atoms with E-state index in [9.17, 15) is 26.4 Å². The first kappa shape index (κ1) is 26.0. The molecule has 2 heterocycles. The van der Waals surface area contributed by atoms with Gasteiger partial charge in [-0.1, -0.05) is 6.07 Å². The lowest BCUT2D eigenvalue weighted by atomic mass is 10.0. The van der Waals surface area contributed by atoms with Crippen molar-refractivity contribution in [1.29, 1.82) is 0 Å². The molecule has 0 spiro atoms. The molecule has 34 heavy (non-hydrogen) atoms. The Balaban J connectivity index is 1.52. The van der Waals surface area contributed by atoms with Gasteiger partial charge in [-0.05, 0) is 68.5 Å². The van der Waals surface area contributed by atoms with Gasteiger partial charge >= 0.3 is 6.18 Å². The van der Waals surface area contributed by atoms with Crippen LogP contribution in [0.4, 0.5) is 19.0 Å². The Bertz CT molecular complexity index is 1140. The number of aryl methyl sites for hydroxylation is 2. The normalized spacial score (nSPS) is 16.7. The summed E-state index contributed by atoms with van der Waals surface area (Å²) in [6.07, 6.45) is -3.06. The number of rotatable bonds is 7. The second-order valence-electron chi connectivity index (χ2n) is 8.64. The van der Waals surface area contributed by atoms with Gasteiger partial charge in [0.2, 0.25) is 15.9 Å². The van der Waals surface area contributed by atoms with Crippen LogP contribution in [0.15, 0.2) is 29.3 Å². The molecule has 1 atom stereocenters. The number of anilines is 1. The van der Waals surface area contributed by atoms with Gasteiger partial charge in [-0.3, -0.25) is 4.79 Å². The lowest BCUT2D eigenvalue weighted by Gasteiger charge is -2.19. The number of alkyl halides is 3. The SMILES string of the molecule is Cc1cc(C)c(C)c(S(=O)(=O)NCCC(=O)NC2CCN(c3ccc(C(F)(F)F)cn3)C2)c1C. The van der Waals surface area contributed by atoms with Gasteiger partial charge in [0.15, 0.2) is 0 Å². The Kier molecular flexibility index (Phi) is 7.56. The summed E-state index contributed by atoms with van der Waals surface area (Å²) in [7, 11) is -3.78. The summed E-state index contributed by atoms with van der Waals surface area (Å²) in [6.45, 7) is 8.16. The number of hydrogen-bond acceptors (Lipinski definition) is 5. The van der Waals surface area contributed by atoms with Crippen molar-refractivity contribution in [2.24, 2.45) is 0 Å². The molecule has 1 saturated heterocycles. The number of carbonyl (C=O) groups excluding carboxylic acids is 1. The van der Waals surface area contributed by atoms with Crippen LogP contribution in [0.1, 0.15) is 40.7 Å². The number of nitrogens with zero attached hydrogens (tertiary/aromatic N) is 2. The number of carbonyl (C=O) groups is 1. The van der Waals surface area contributed by atoms with E-state index in [0.717, 1.165) is 23.4 Å². The molecule has 0 radical (unpaired) electrons. The van der Waals surface area contributed by atoms with Crippen molar-refractivity contribution in [2.45, 2.75) is 57.7 Å². The van der Waals surface area contributed by atoms with Crippen LogP contribution in [0, 0.1) is 27.7 Å². The minimum Gasteiger partial charge on any atom is -0.354 e. The van der Waals surface area contributed by atoms with E-state index in [-0.39, 0.29) is 29.8 Å². The molecule has 2 aromatic rings. The predicted octanol–water partition coefficient (Wildman–Crippen LogP) is 3.40. The van der Waals surface area contributed by atoms with Gasteiger partial charge in [0, 0.05) is 38.3 Å². The minimum absolute atomic E-state index is 0.0306. The van der Waals surface area contributed by atoms with Gasteiger partial charge in [-0.2, -0.15) is 13.2 Å². The summed E-state index contributed by atoms with van der Waals surface area (Å²) in [4.78, 5) is 18.3. The molecule has 1 aromatic carbocycles. The number of aromatic nitrogens is 1. The van der Waals surface area contributed by atoms with Gasteiger partial charge in [0.1, 0.15) is 5.82 Å². The summed E-state index contributed by atoms with van der Waals surface area (Å²) >= 11 is 0. The average Bonchev–Trinajstić information content (AvgIpc) is 3.20. The van der Waals surface area contributed by atoms with Gasteiger partial charge in [0.25, 0.3) is 0 Å². The van der Waals surface area contributed by atoms with E-state index in [0.29, 0.717) is 36.5 Å². The summed E-state index contributed by atoms with van der Waals surface area (Å²) in [5.74, 6) is 0.112. The molecule has 1 fully saturated rings. The van der Waals surface area contributed by atoms with E-state index < -0.39 is 21.8 Å². The highest BCUT2D eigenvalue weighted by Gasteiger charge is 2.31. The predicted molar refractivity (Wildman–Crippen MR) is 123 cm³/mol. The summed E-state index contributed by atoms with van der Waals surface area (Å²) in [5.41, 5.74) is 2.32.